The highest BCUT2D eigenvalue weighted by molar-refractivity contribution is 7.99. The Bertz CT molecular complexity index is 1280. The van der Waals surface area contributed by atoms with Gasteiger partial charge in [0.15, 0.2) is 11.0 Å². The molecule has 0 fully saturated rings. The number of fused-ring (bicyclic) bond motifs is 1. The summed E-state index contributed by atoms with van der Waals surface area (Å²) < 4.78 is 2.01. The predicted molar refractivity (Wildman–Crippen MR) is 122 cm³/mol. The van der Waals surface area contributed by atoms with Crippen LogP contribution in [0.1, 0.15) is 26.3 Å². The summed E-state index contributed by atoms with van der Waals surface area (Å²) in [6.45, 7) is 2.33. The van der Waals surface area contributed by atoms with Gasteiger partial charge in [0, 0.05) is 30.3 Å². The van der Waals surface area contributed by atoms with E-state index in [-0.39, 0.29) is 11.8 Å². The summed E-state index contributed by atoms with van der Waals surface area (Å²) in [6, 6.07) is 18.8. The molecule has 0 saturated carbocycles. The summed E-state index contributed by atoms with van der Waals surface area (Å²) in [5.74, 6) is 0.726. The van der Waals surface area contributed by atoms with Crippen LogP contribution in [0.5, 0.6) is 0 Å². The van der Waals surface area contributed by atoms with Gasteiger partial charge in [-0.25, -0.2) is 0 Å². The fraction of sp³-hybridized carbons (Fsp3) is 0.125. The van der Waals surface area contributed by atoms with Gasteiger partial charge in [-0.05, 0) is 42.8 Å². The van der Waals surface area contributed by atoms with E-state index in [9.17, 15) is 9.59 Å². The maximum atomic E-state index is 12.6. The molecular weight excluding hydrogens is 422 g/mol. The highest BCUT2D eigenvalue weighted by Crippen LogP contribution is 2.30. The summed E-state index contributed by atoms with van der Waals surface area (Å²) in [6.07, 6.45) is 3.45. The van der Waals surface area contributed by atoms with Gasteiger partial charge in [-0.15, -0.1) is 10.2 Å². The maximum Gasteiger partial charge on any atom is 0.261 e. The van der Waals surface area contributed by atoms with Crippen LogP contribution in [-0.4, -0.2) is 48.8 Å². The smallest absolute Gasteiger partial charge is 0.261 e. The average molecular weight is 442 g/mol. The number of carbonyl (C=O) groups excluding carboxylic acids is 2. The number of rotatable bonds is 6. The van der Waals surface area contributed by atoms with Gasteiger partial charge < -0.3 is 0 Å². The molecule has 158 valence electrons. The molecule has 0 radical (unpaired) electrons. The monoisotopic (exact) mass is 441 g/mol. The Balaban J connectivity index is 1.41. The molecule has 0 aliphatic carbocycles. The molecule has 1 aliphatic rings. The lowest BCUT2D eigenvalue weighted by atomic mass is 10.1. The van der Waals surface area contributed by atoms with Crippen molar-refractivity contribution >= 4 is 23.6 Å². The van der Waals surface area contributed by atoms with Gasteiger partial charge in [0.1, 0.15) is 0 Å². The van der Waals surface area contributed by atoms with E-state index in [1.165, 1.54) is 16.7 Å². The van der Waals surface area contributed by atoms with Crippen molar-refractivity contribution in [2.45, 2.75) is 12.1 Å². The first-order valence-electron chi connectivity index (χ1n) is 10.1. The van der Waals surface area contributed by atoms with Crippen LogP contribution in [0.15, 0.2) is 78.2 Å². The van der Waals surface area contributed by atoms with E-state index in [0.717, 1.165) is 16.8 Å². The minimum atomic E-state index is -0.246. The molecule has 5 rings (SSSR count). The van der Waals surface area contributed by atoms with Gasteiger partial charge in [0.2, 0.25) is 0 Å². The lowest BCUT2D eigenvalue weighted by Gasteiger charge is -2.15. The largest absolute Gasteiger partial charge is 0.273 e. The molecule has 0 spiro atoms. The SMILES string of the molecule is Cc1ccccc1-n1c(SCCN2C(=O)c3ccccc3C2=O)nnc1-c1ccncc1. The normalized spacial score (nSPS) is 13.0. The minimum Gasteiger partial charge on any atom is -0.273 e. The quantitative estimate of drug-likeness (QED) is 0.332. The van der Waals surface area contributed by atoms with Crippen LogP contribution in [0.25, 0.3) is 17.1 Å². The Morgan fingerprint density at radius 2 is 1.50 bits per heavy atom. The molecule has 3 heterocycles. The number of para-hydroxylation sites is 1. The molecule has 0 saturated heterocycles. The molecule has 2 aromatic carbocycles. The molecule has 0 unspecified atom stereocenters. The molecule has 2 amide bonds. The molecule has 0 N–H and O–H groups in total. The molecule has 0 atom stereocenters. The zero-order chi connectivity index (χ0) is 22.1. The number of thioether (sulfide) groups is 1. The van der Waals surface area contributed by atoms with Crippen molar-refractivity contribution in [1.29, 1.82) is 0 Å². The Morgan fingerprint density at radius 3 is 2.19 bits per heavy atom. The van der Waals surface area contributed by atoms with Crippen molar-refractivity contribution in [3.05, 3.63) is 89.7 Å². The van der Waals surface area contributed by atoms with Crippen LogP contribution < -0.4 is 0 Å². The molecule has 2 aromatic heterocycles. The van der Waals surface area contributed by atoms with Crippen molar-refractivity contribution in [3.63, 3.8) is 0 Å². The standard InChI is InChI=1S/C24H19N5O2S/c1-16-6-2-5-9-20(16)29-21(17-10-12-25-13-11-17)26-27-24(29)32-15-14-28-22(30)18-7-3-4-8-19(18)23(28)31/h2-13H,14-15H2,1H3. The summed E-state index contributed by atoms with van der Waals surface area (Å²) in [7, 11) is 0. The van der Waals surface area contributed by atoms with Crippen molar-refractivity contribution < 1.29 is 9.59 Å². The number of benzene rings is 2. The number of hydrogen-bond donors (Lipinski definition) is 0. The highest BCUT2D eigenvalue weighted by Gasteiger charge is 2.34. The van der Waals surface area contributed by atoms with Crippen molar-refractivity contribution in [1.82, 2.24) is 24.6 Å². The van der Waals surface area contributed by atoms with Crippen LogP contribution >= 0.6 is 11.8 Å². The van der Waals surface area contributed by atoms with E-state index < -0.39 is 0 Å². The summed E-state index contributed by atoms with van der Waals surface area (Å²) in [5.41, 5.74) is 3.90. The number of aromatic nitrogens is 4. The molecule has 4 aromatic rings. The lowest BCUT2D eigenvalue weighted by molar-refractivity contribution is 0.0664. The average Bonchev–Trinajstić information content (AvgIpc) is 3.35. The van der Waals surface area contributed by atoms with Gasteiger partial charge >= 0.3 is 0 Å². The van der Waals surface area contributed by atoms with E-state index in [1.54, 1.807) is 36.7 Å². The number of nitrogens with zero attached hydrogens (tertiary/aromatic N) is 5. The van der Waals surface area contributed by atoms with Gasteiger partial charge in [-0.2, -0.15) is 0 Å². The second-order valence-electron chi connectivity index (χ2n) is 7.32. The second-order valence-corrected chi connectivity index (χ2v) is 8.38. The number of amides is 2. The fourth-order valence-electron chi connectivity index (χ4n) is 3.75. The minimum absolute atomic E-state index is 0.246. The maximum absolute atomic E-state index is 12.6. The van der Waals surface area contributed by atoms with Gasteiger partial charge in [-0.3, -0.25) is 24.0 Å². The molecule has 8 heteroatoms. The van der Waals surface area contributed by atoms with E-state index in [4.69, 9.17) is 0 Å². The van der Waals surface area contributed by atoms with Crippen LogP contribution in [-0.2, 0) is 0 Å². The first kappa shape index (κ1) is 20.1. The van der Waals surface area contributed by atoms with Crippen LogP contribution in [0.2, 0.25) is 0 Å². The zero-order valence-corrected chi connectivity index (χ0v) is 18.1. The van der Waals surface area contributed by atoms with E-state index in [0.29, 0.717) is 34.4 Å². The van der Waals surface area contributed by atoms with E-state index in [2.05, 4.69) is 15.2 Å². The Morgan fingerprint density at radius 1 is 0.844 bits per heavy atom. The number of aryl methyl sites for hydroxylation is 1. The van der Waals surface area contributed by atoms with Crippen molar-refractivity contribution in [2.75, 3.05) is 12.3 Å². The summed E-state index contributed by atoms with van der Waals surface area (Å²) >= 11 is 1.46. The predicted octanol–water partition coefficient (Wildman–Crippen LogP) is 4.03. The first-order valence-corrected chi connectivity index (χ1v) is 11.1. The summed E-state index contributed by atoms with van der Waals surface area (Å²) in [4.78, 5) is 30.6. The van der Waals surface area contributed by atoms with E-state index >= 15 is 0 Å². The number of hydrogen-bond acceptors (Lipinski definition) is 6. The van der Waals surface area contributed by atoms with Gasteiger partial charge in [0.25, 0.3) is 11.8 Å². The Labute approximate surface area is 189 Å². The summed E-state index contributed by atoms with van der Waals surface area (Å²) in [5, 5.41) is 9.55. The van der Waals surface area contributed by atoms with E-state index in [1.807, 2.05) is 47.9 Å². The number of imide groups is 1. The van der Waals surface area contributed by atoms with Gasteiger partial charge in [0.05, 0.1) is 16.8 Å². The topological polar surface area (TPSA) is 81.0 Å². The Hall–Kier alpha value is -3.78. The molecule has 1 aliphatic heterocycles. The van der Waals surface area contributed by atoms with Crippen molar-refractivity contribution in [2.24, 2.45) is 0 Å². The third-order valence-corrected chi connectivity index (χ3v) is 6.26. The van der Waals surface area contributed by atoms with Crippen molar-refractivity contribution in [3.8, 4) is 17.1 Å². The zero-order valence-electron chi connectivity index (χ0n) is 17.3. The second kappa shape index (κ2) is 8.39. The van der Waals surface area contributed by atoms with Crippen LogP contribution in [0.3, 0.4) is 0 Å². The highest BCUT2D eigenvalue weighted by atomic mass is 32.2. The molecular formula is C24H19N5O2S. The number of carbonyl (C=O) groups is 2. The van der Waals surface area contributed by atoms with Crippen LogP contribution in [0.4, 0.5) is 0 Å². The third kappa shape index (κ3) is 3.48. The number of pyridine rings is 1. The molecule has 0 bridgehead atoms. The fourth-order valence-corrected chi connectivity index (χ4v) is 4.62. The first-order chi connectivity index (χ1) is 15.6. The molecule has 7 nitrogen and oxygen atoms in total. The van der Waals surface area contributed by atoms with Gasteiger partial charge in [-0.1, -0.05) is 42.1 Å². The third-order valence-electron chi connectivity index (χ3n) is 5.35. The van der Waals surface area contributed by atoms with Crippen LogP contribution in [0, 0.1) is 6.92 Å². The molecule has 32 heavy (non-hydrogen) atoms. The Kier molecular flexibility index (Phi) is 5.28. The lowest BCUT2D eigenvalue weighted by Crippen LogP contribution is -2.31.